The van der Waals surface area contributed by atoms with Crippen molar-refractivity contribution in [3.8, 4) is 5.75 Å². The highest BCUT2D eigenvalue weighted by Crippen LogP contribution is 2.24. The Kier molecular flexibility index (Phi) is 5.85. The molecule has 1 aliphatic heterocycles. The summed E-state index contributed by atoms with van der Waals surface area (Å²) in [7, 11) is 0. The van der Waals surface area contributed by atoms with Crippen LogP contribution in [0.2, 0.25) is 0 Å². The molecule has 1 unspecified atom stereocenters. The molecule has 1 aromatic heterocycles. The van der Waals surface area contributed by atoms with Gasteiger partial charge in [0, 0.05) is 25.0 Å². The molecule has 3 rings (SSSR count). The Morgan fingerprint density at radius 1 is 1.36 bits per heavy atom. The van der Waals surface area contributed by atoms with Crippen molar-refractivity contribution in [3.05, 3.63) is 48.3 Å². The number of ether oxygens (including phenoxy) is 2. The monoisotopic (exact) mass is 341 g/mol. The Morgan fingerprint density at radius 3 is 3.04 bits per heavy atom. The molecule has 1 aliphatic rings. The third-order valence-corrected chi connectivity index (χ3v) is 3.99. The zero-order chi connectivity index (χ0) is 17.5. The Bertz CT molecular complexity index is 715. The van der Waals surface area contributed by atoms with Crippen LogP contribution in [0.1, 0.15) is 30.3 Å². The maximum atomic E-state index is 12.5. The largest absolute Gasteiger partial charge is 0.492 e. The van der Waals surface area contributed by atoms with Crippen LogP contribution in [0, 0.1) is 0 Å². The first-order valence-electron chi connectivity index (χ1n) is 8.61. The number of rotatable bonds is 7. The van der Waals surface area contributed by atoms with Crippen LogP contribution in [0.15, 0.2) is 42.6 Å². The van der Waals surface area contributed by atoms with Gasteiger partial charge in [-0.3, -0.25) is 9.78 Å². The van der Waals surface area contributed by atoms with Gasteiger partial charge in [0.25, 0.3) is 5.91 Å². The summed E-state index contributed by atoms with van der Waals surface area (Å²) in [5, 5.41) is 6.16. The maximum absolute atomic E-state index is 12.5. The lowest BCUT2D eigenvalue weighted by Gasteiger charge is -2.13. The Morgan fingerprint density at radius 2 is 2.24 bits per heavy atom. The highest BCUT2D eigenvalue weighted by molar-refractivity contribution is 6.04. The van der Waals surface area contributed by atoms with Crippen LogP contribution in [-0.4, -0.2) is 36.8 Å². The lowest BCUT2D eigenvalue weighted by Crippen LogP contribution is -2.19. The summed E-state index contributed by atoms with van der Waals surface area (Å²) >= 11 is 0. The predicted molar refractivity (Wildman–Crippen MR) is 97.3 cm³/mol. The summed E-state index contributed by atoms with van der Waals surface area (Å²) in [5.41, 5.74) is 1.84. The van der Waals surface area contributed by atoms with Crippen molar-refractivity contribution in [2.45, 2.75) is 25.9 Å². The summed E-state index contributed by atoms with van der Waals surface area (Å²) in [6.45, 7) is 4.00. The van der Waals surface area contributed by atoms with Crippen LogP contribution in [0.25, 0.3) is 0 Å². The fraction of sp³-hybridized carbons (Fsp3) is 0.368. The second-order valence-corrected chi connectivity index (χ2v) is 5.83. The number of carbonyl (C=O) groups excluding carboxylic acids is 1. The quantitative estimate of drug-likeness (QED) is 0.808. The number of nitrogens with one attached hydrogen (secondary N) is 2. The number of pyridine rings is 1. The number of benzene rings is 1. The molecule has 0 bridgehead atoms. The van der Waals surface area contributed by atoms with E-state index in [1.165, 1.54) is 0 Å². The smallest absolute Gasteiger partial charge is 0.274 e. The lowest BCUT2D eigenvalue weighted by atomic mass is 10.2. The van der Waals surface area contributed by atoms with Crippen molar-refractivity contribution in [2.75, 3.05) is 30.4 Å². The number of anilines is 2. The first-order valence-corrected chi connectivity index (χ1v) is 8.61. The van der Waals surface area contributed by atoms with Gasteiger partial charge in [-0.05, 0) is 44.0 Å². The van der Waals surface area contributed by atoms with Crippen LogP contribution in [0.3, 0.4) is 0 Å². The van der Waals surface area contributed by atoms with E-state index in [2.05, 4.69) is 15.6 Å². The SMILES string of the molecule is CCOc1ccccc1NC(=O)c1cc(NCC2CCCO2)ccn1. The van der Waals surface area contributed by atoms with Crippen LogP contribution < -0.4 is 15.4 Å². The number of amides is 1. The number of aromatic nitrogens is 1. The van der Waals surface area contributed by atoms with Gasteiger partial charge in [-0.2, -0.15) is 0 Å². The van der Waals surface area contributed by atoms with Gasteiger partial charge in [0.1, 0.15) is 11.4 Å². The van der Waals surface area contributed by atoms with Gasteiger partial charge in [-0.1, -0.05) is 12.1 Å². The summed E-state index contributed by atoms with van der Waals surface area (Å²) in [4.78, 5) is 16.7. The van der Waals surface area contributed by atoms with E-state index in [-0.39, 0.29) is 12.0 Å². The minimum atomic E-state index is -0.270. The molecule has 0 spiro atoms. The van der Waals surface area contributed by atoms with Crippen molar-refractivity contribution >= 4 is 17.3 Å². The third-order valence-electron chi connectivity index (χ3n) is 3.99. The highest BCUT2D eigenvalue weighted by Gasteiger charge is 2.15. The Hall–Kier alpha value is -2.60. The molecular formula is C19H23N3O3. The highest BCUT2D eigenvalue weighted by atomic mass is 16.5. The van der Waals surface area contributed by atoms with Gasteiger partial charge in [0.2, 0.25) is 0 Å². The number of hydrogen-bond acceptors (Lipinski definition) is 5. The summed E-state index contributed by atoms with van der Waals surface area (Å²) in [5.74, 6) is 0.374. The van der Waals surface area contributed by atoms with Gasteiger partial charge in [0.15, 0.2) is 0 Å². The van der Waals surface area contributed by atoms with E-state index >= 15 is 0 Å². The molecule has 1 saturated heterocycles. The van der Waals surface area contributed by atoms with E-state index in [4.69, 9.17) is 9.47 Å². The predicted octanol–water partition coefficient (Wildman–Crippen LogP) is 3.32. The van der Waals surface area contributed by atoms with E-state index in [0.29, 0.717) is 23.7 Å². The fourth-order valence-corrected chi connectivity index (χ4v) is 2.74. The Balaban J connectivity index is 1.65. The lowest BCUT2D eigenvalue weighted by molar-refractivity contribution is 0.102. The third kappa shape index (κ3) is 4.70. The van der Waals surface area contributed by atoms with E-state index < -0.39 is 0 Å². The molecule has 2 heterocycles. The van der Waals surface area contributed by atoms with Gasteiger partial charge in [-0.25, -0.2) is 0 Å². The van der Waals surface area contributed by atoms with Gasteiger partial charge >= 0.3 is 0 Å². The summed E-state index contributed by atoms with van der Waals surface area (Å²) in [6.07, 6.45) is 4.04. The molecule has 1 amide bonds. The molecule has 0 saturated carbocycles. The van der Waals surface area contributed by atoms with Crippen molar-refractivity contribution in [2.24, 2.45) is 0 Å². The molecule has 2 aromatic rings. The molecule has 6 nitrogen and oxygen atoms in total. The molecule has 1 aromatic carbocycles. The van der Waals surface area contributed by atoms with Crippen LogP contribution in [-0.2, 0) is 4.74 Å². The average Bonchev–Trinajstić information content (AvgIpc) is 3.16. The van der Waals surface area contributed by atoms with E-state index in [1.807, 2.05) is 37.3 Å². The molecule has 0 aliphatic carbocycles. The standard InChI is InChI=1S/C19H23N3O3/c1-2-24-18-8-4-3-7-16(18)22-19(23)17-12-14(9-10-20-17)21-13-15-6-5-11-25-15/h3-4,7-10,12,15H,2,5-6,11,13H2,1H3,(H,20,21)(H,22,23). The zero-order valence-electron chi connectivity index (χ0n) is 14.3. The molecule has 2 N–H and O–H groups in total. The van der Waals surface area contributed by atoms with E-state index in [1.54, 1.807) is 12.3 Å². The molecule has 1 fully saturated rings. The number of hydrogen-bond donors (Lipinski definition) is 2. The first-order chi connectivity index (χ1) is 12.3. The van der Waals surface area contributed by atoms with Crippen molar-refractivity contribution in [1.29, 1.82) is 0 Å². The molecule has 132 valence electrons. The fourth-order valence-electron chi connectivity index (χ4n) is 2.74. The van der Waals surface area contributed by atoms with Gasteiger partial charge in [0.05, 0.1) is 18.4 Å². The van der Waals surface area contributed by atoms with Crippen molar-refractivity contribution in [3.63, 3.8) is 0 Å². The van der Waals surface area contributed by atoms with Crippen molar-refractivity contribution < 1.29 is 14.3 Å². The molecule has 25 heavy (non-hydrogen) atoms. The molecule has 6 heteroatoms. The van der Waals surface area contributed by atoms with E-state index in [9.17, 15) is 4.79 Å². The zero-order valence-corrected chi connectivity index (χ0v) is 14.3. The topological polar surface area (TPSA) is 72.5 Å². The van der Waals surface area contributed by atoms with Gasteiger partial charge in [-0.15, -0.1) is 0 Å². The summed E-state index contributed by atoms with van der Waals surface area (Å²) < 4.78 is 11.1. The molecular weight excluding hydrogens is 318 g/mol. The maximum Gasteiger partial charge on any atom is 0.274 e. The normalized spacial score (nSPS) is 16.4. The average molecular weight is 341 g/mol. The number of carbonyl (C=O) groups is 1. The molecule has 0 radical (unpaired) electrons. The van der Waals surface area contributed by atoms with E-state index in [0.717, 1.165) is 31.7 Å². The van der Waals surface area contributed by atoms with Gasteiger partial charge < -0.3 is 20.1 Å². The number of para-hydroxylation sites is 2. The second kappa shape index (κ2) is 8.48. The van der Waals surface area contributed by atoms with Crippen LogP contribution in [0.4, 0.5) is 11.4 Å². The second-order valence-electron chi connectivity index (χ2n) is 5.83. The number of nitrogens with zero attached hydrogens (tertiary/aromatic N) is 1. The Labute approximate surface area is 147 Å². The van der Waals surface area contributed by atoms with Crippen LogP contribution in [0.5, 0.6) is 5.75 Å². The first kappa shape index (κ1) is 17.2. The minimum absolute atomic E-state index is 0.239. The minimum Gasteiger partial charge on any atom is -0.492 e. The summed E-state index contributed by atoms with van der Waals surface area (Å²) in [6, 6.07) is 10.9. The van der Waals surface area contributed by atoms with Crippen LogP contribution >= 0.6 is 0 Å². The van der Waals surface area contributed by atoms with Crippen molar-refractivity contribution in [1.82, 2.24) is 4.98 Å². The molecule has 1 atom stereocenters.